The molecule has 2 rings (SSSR count). The van der Waals surface area contributed by atoms with E-state index in [1.807, 2.05) is 26.0 Å². The Labute approximate surface area is 103 Å². The van der Waals surface area contributed by atoms with E-state index in [9.17, 15) is 0 Å². The molecule has 4 heteroatoms. The van der Waals surface area contributed by atoms with Crippen LogP contribution in [0, 0.1) is 13.8 Å². The fourth-order valence-electron chi connectivity index (χ4n) is 1.52. The van der Waals surface area contributed by atoms with Gasteiger partial charge < -0.3 is 9.15 Å². The number of hydrogen-bond donors (Lipinski definition) is 0. The second kappa shape index (κ2) is 4.29. The molecule has 16 heavy (non-hydrogen) atoms. The Balaban J connectivity index is 2.56. The second-order valence-electron chi connectivity index (χ2n) is 3.58. The van der Waals surface area contributed by atoms with Crippen molar-refractivity contribution in [1.82, 2.24) is 4.98 Å². The molecule has 0 bridgehead atoms. The van der Waals surface area contributed by atoms with Crippen LogP contribution in [-0.2, 0) is 0 Å². The number of aromatic nitrogens is 1. The molecule has 3 nitrogen and oxygen atoms in total. The molecule has 0 aliphatic heterocycles. The molecule has 0 N–H and O–H groups in total. The Morgan fingerprint density at radius 3 is 2.62 bits per heavy atom. The predicted octanol–water partition coefficient (Wildman–Crippen LogP) is 3.73. The van der Waals surface area contributed by atoms with Crippen LogP contribution < -0.4 is 4.74 Å². The molecule has 0 atom stereocenters. The maximum atomic E-state index is 5.51. The van der Waals surface area contributed by atoms with E-state index in [1.54, 1.807) is 13.3 Å². The Hall–Kier alpha value is -1.29. The van der Waals surface area contributed by atoms with E-state index in [1.165, 1.54) is 0 Å². The van der Waals surface area contributed by atoms with Gasteiger partial charge in [-0.25, -0.2) is 4.98 Å². The second-order valence-corrected chi connectivity index (χ2v) is 4.43. The zero-order valence-electron chi connectivity index (χ0n) is 9.37. The summed E-state index contributed by atoms with van der Waals surface area (Å²) in [7, 11) is 1.64. The summed E-state index contributed by atoms with van der Waals surface area (Å²) < 4.78 is 11.7. The summed E-state index contributed by atoms with van der Waals surface area (Å²) in [5.74, 6) is 2.20. The average molecular weight is 282 g/mol. The van der Waals surface area contributed by atoms with Gasteiger partial charge in [-0.2, -0.15) is 0 Å². The van der Waals surface area contributed by atoms with Gasteiger partial charge in [-0.1, -0.05) is 0 Å². The van der Waals surface area contributed by atoms with Crippen molar-refractivity contribution in [2.24, 2.45) is 0 Å². The molecule has 0 aliphatic rings. The summed E-state index contributed by atoms with van der Waals surface area (Å²) in [5, 5.41) is 0. The van der Waals surface area contributed by atoms with Gasteiger partial charge in [0.25, 0.3) is 0 Å². The van der Waals surface area contributed by atoms with E-state index in [2.05, 4.69) is 20.9 Å². The minimum atomic E-state index is 0.626. The number of hydrogen-bond acceptors (Lipinski definition) is 3. The molecule has 0 spiro atoms. The van der Waals surface area contributed by atoms with Crippen LogP contribution >= 0.6 is 15.9 Å². The largest absolute Gasteiger partial charge is 0.496 e. The predicted molar refractivity (Wildman–Crippen MR) is 65.7 cm³/mol. The topological polar surface area (TPSA) is 35.3 Å². The molecule has 2 aromatic rings. The van der Waals surface area contributed by atoms with Crippen LogP contribution in [0.4, 0.5) is 0 Å². The third-order valence-corrected chi connectivity index (χ3v) is 2.97. The normalized spacial score (nSPS) is 10.5. The van der Waals surface area contributed by atoms with Gasteiger partial charge in [0.05, 0.1) is 17.8 Å². The molecule has 0 amide bonds. The highest BCUT2D eigenvalue weighted by Gasteiger charge is 2.11. The highest BCUT2D eigenvalue weighted by molar-refractivity contribution is 9.10. The third kappa shape index (κ3) is 1.97. The molecule has 1 heterocycles. The van der Waals surface area contributed by atoms with E-state index >= 15 is 0 Å². The van der Waals surface area contributed by atoms with E-state index in [0.717, 1.165) is 27.1 Å². The summed E-state index contributed by atoms with van der Waals surface area (Å²) in [6, 6.07) is 3.92. The molecule has 0 saturated heterocycles. The van der Waals surface area contributed by atoms with Crippen LogP contribution in [0.1, 0.15) is 11.3 Å². The number of nitrogens with zero attached hydrogens (tertiary/aromatic N) is 1. The van der Waals surface area contributed by atoms with Gasteiger partial charge in [-0.3, -0.25) is 0 Å². The highest BCUT2D eigenvalue weighted by atomic mass is 79.9. The summed E-state index contributed by atoms with van der Waals surface area (Å²) >= 11 is 3.44. The van der Waals surface area contributed by atoms with Crippen molar-refractivity contribution < 1.29 is 9.15 Å². The van der Waals surface area contributed by atoms with Crippen LogP contribution in [0.5, 0.6) is 5.75 Å². The van der Waals surface area contributed by atoms with Gasteiger partial charge in [0.2, 0.25) is 5.89 Å². The fourth-order valence-corrected chi connectivity index (χ4v) is 2.14. The van der Waals surface area contributed by atoms with Crippen LogP contribution in [0.3, 0.4) is 0 Å². The van der Waals surface area contributed by atoms with Crippen molar-refractivity contribution in [1.29, 1.82) is 0 Å². The van der Waals surface area contributed by atoms with E-state index < -0.39 is 0 Å². The van der Waals surface area contributed by atoms with Crippen molar-refractivity contribution in [2.75, 3.05) is 7.11 Å². The summed E-state index contributed by atoms with van der Waals surface area (Å²) in [6.45, 7) is 3.89. The molecular weight excluding hydrogens is 270 g/mol. The molecule has 0 fully saturated rings. The van der Waals surface area contributed by atoms with Crippen LogP contribution in [0.2, 0.25) is 0 Å². The van der Waals surface area contributed by atoms with E-state index in [0.29, 0.717) is 5.89 Å². The Morgan fingerprint density at radius 2 is 2.06 bits per heavy atom. The highest BCUT2D eigenvalue weighted by Crippen LogP contribution is 2.33. The van der Waals surface area contributed by atoms with Gasteiger partial charge in [0.15, 0.2) is 0 Å². The molecular formula is C12H12BrNO2. The third-order valence-electron chi connectivity index (χ3n) is 2.35. The van der Waals surface area contributed by atoms with Gasteiger partial charge >= 0.3 is 0 Å². The average Bonchev–Trinajstić information content (AvgIpc) is 2.65. The lowest BCUT2D eigenvalue weighted by Crippen LogP contribution is -1.89. The maximum absolute atomic E-state index is 5.51. The summed E-state index contributed by atoms with van der Waals surface area (Å²) in [6.07, 6.45) is 1.71. The first-order chi connectivity index (χ1) is 7.61. The monoisotopic (exact) mass is 281 g/mol. The van der Waals surface area contributed by atoms with Crippen molar-refractivity contribution in [3.63, 3.8) is 0 Å². The van der Waals surface area contributed by atoms with Crippen LogP contribution in [0.15, 0.2) is 27.2 Å². The molecule has 1 aromatic heterocycles. The number of rotatable bonds is 2. The quantitative estimate of drug-likeness (QED) is 0.841. The fraction of sp³-hybridized carbons (Fsp3) is 0.250. The van der Waals surface area contributed by atoms with Crippen molar-refractivity contribution >= 4 is 15.9 Å². The van der Waals surface area contributed by atoms with Gasteiger partial charge in [-0.05, 0) is 47.5 Å². The van der Waals surface area contributed by atoms with E-state index in [4.69, 9.17) is 9.15 Å². The zero-order chi connectivity index (χ0) is 11.7. The SMILES string of the molecule is COc1cc(-c2ncc(C)o2)c(C)cc1Br. The molecule has 1 aromatic carbocycles. The zero-order valence-corrected chi connectivity index (χ0v) is 11.0. The lowest BCUT2D eigenvalue weighted by atomic mass is 10.1. The molecule has 84 valence electrons. The van der Waals surface area contributed by atoms with Crippen molar-refractivity contribution in [3.8, 4) is 17.2 Å². The van der Waals surface area contributed by atoms with Gasteiger partial charge in [-0.15, -0.1) is 0 Å². The van der Waals surface area contributed by atoms with E-state index in [-0.39, 0.29) is 0 Å². The van der Waals surface area contributed by atoms with Gasteiger partial charge in [0.1, 0.15) is 11.5 Å². The van der Waals surface area contributed by atoms with Crippen molar-refractivity contribution in [2.45, 2.75) is 13.8 Å². The Morgan fingerprint density at radius 1 is 1.31 bits per heavy atom. The first-order valence-corrected chi connectivity index (χ1v) is 5.68. The number of ether oxygens (including phenoxy) is 1. The minimum Gasteiger partial charge on any atom is -0.496 e. The van der Waals surface area contributed by atoms with Crippen molar-refractivity contribution in [3.05, 3.63) is 34.1 Å². The standard InChI is InChI=1S/C12H12BrNO2/c1-7-4-10(13)11(15-3)5-9(7)12-14-6-8(2)16-12/h4-6H,1-3H3. The minimum absolute atomic E-state index is 0.626. The number of halogens is 1. The lowest BCUT2D eigenvalue weighted by molar-refractivity contribution is 0.412. The lowest BCUT2D eigenvalue weighted by Gasteiger charge is -2.07. The number of methoxy groups -OCH3 is 1. The number of benzene rings is 1. The first-order valence-electron chi connectivity index (χ1n) is 4.88. The van der Waals surface area contributed by atoms with Gasteiger partial charge in [0, 0.05) is 5.56 Å². The number of oxazole rings is 1. The molecule has 0 radical (unpaired) electrons. The Kier molecular flexibility index (Phi) is 3.01. The van der Waals surface area contributed by atoms with Crippen LogP contribution in [0.25, 0.3) is 11.5 Å². The molecule has 0 unspecified atom stereocenters. The Bertz CT molecular complexity index is 520. The number of aryl methyl sites for hydroxylation is 2. The molecule has 0 aliphatic carbocycles. The van der Waals surface area contributed by atoms with Crippen LogP contribution in [-0.4, -0.2) is 12.1 Å². The summed E-state index contributed by atoms with van der Waals surface area (Å²) in [5.41, 5.74) is 2.04. The smallest absolute Gasteiger partial charge is 0.226 e. The maximum Gasteiger partial charge on any atom is 0.226 e. The summed E-state index contributed by atoms with van der Waals surface area (Å²) in [4.78, 5) is 4.21. The molecule has 0 saturated carbocycles. The first kappa shape index (κ1) is 11.2.